The lowest BCUT2D eigenvalue weighted by atomic mass is 9.97. The molecular formula is C16H24O6. The lowest BCUT2D eigenvalue weighted by Gasteiger charge is -2.21. The summed E-state index contributed by atoms with van der Waals surface area (Å²) in [7, 11) is 0. The van der Waals surface area contributed by atoms with E-state index in [-0.39, 0.29) is 12.4 Å². The van der Waals surface area contributed by atoms with Crippen molar-refractivity contribution in [3.63, 3.8) is 0 Å². The van der Waals surface area contributed by atoms with Gasteiger partial charge in [0, 0.05) is 5.56 Å². The third kappa shape index (κ3) is 6.11. The molecule has 0 saturated carbocycles. The van der Waals surface area contributed by atoms with Crippen molar-refractivity contribution >= 4 is 5.78 Å². The third-order valence-electron chi connectivity index (χ3n) is 2.78. The van der Waals surface area contributed by atoms with Crippen LogP contribution in [0, 0.1) is 0 Å². The molecule has 0 aliphatic rings. The van der Waals surface area contributed by atoms with Crippen molar-refractivity contribution < 1.29 is 29.1 Å². The molecule has 1 rings (SSSR count). The van der Waals surface area contributed by atoms with Gasteiger partial charge in [0.1, 0.15) is 12.4 Å². The molecule has 0 aliphatic carbocycles. The summed E-state index contributed by atoms with van der Waals surface area (Å²) in [5, 5.41) is 8.57. The van der Waals surface area contributed by atoms with Crippen LogP contribution in [0.3, 0.4) is 0 Å². The first-order valence-corrected chi connectivity index (χ1v) is 7.28. The van der Waals surface area contributed by atoms with Gasteiger partial charge in [0.2, 0.25) is 0 Å². The average molecular weight is 312 g/mol. The van der Waals surface area contributed by atoms with Gasteiger partial charge in [0.05, 0.1) is 26.4 Å². The Morgan fingerprint density at radius 2 is 1.82 bits per heavy atom. The lowest BCUT2D eigenvalue weighted by Crippen LogP contribution is -2.35. The van der Waals surface area contributed by atoms with E-state index < -0.39 is 5.60 Å². The molecule has 0 bridgehead atoms. The van der Waals surface area contributed by atoms with Crippen molar-refractivity contribution in [3.8, 4) is 5.75 Å². The predicted molar refractivity (Wildman–Crippen MR) is 81.0 cm³/mol. The molecule has 0 heterocycles. The van der Waals surface area contributed by atoms with Crippen LogP contribution in [0.1, 0.15) is 31.1 Å². The molecule has 124 valence electrons. The van der Waals surface area contributed by atoms with Crippen LogP contribution >= 0.6 is 0 Å². The van der Waals surface area contributed by atoms with Gasteiger partial charge in [-0.05, 0) is 45.0 Å². The van der Waals surface area contributed by atoms with E-state index in [0.29, 0.717) is 37.7 Å². The van der Waals surface area contributed by atoms with Gasteiger partial charge in [-0.3, -0.25) is 4.79 Å². The molecule has 0 atom stereocenters. The Balaban J connectivity index is 2.51. The number of carbonyl (C=O) groups is 1. The number of benzene rings is 1. The first-order valence-electron chi connectivity index (χ1n) is 7.28. The smallest absolute Gasteiger partial charge is 0.197 e. The standard InChI is InChI=1S/C16H24O6/c1-4-21-22-16(2,3)15(18)13-5-7-14(8-6-13)20-12-11-19-10-9-17/h5-8,17H,4,9-12H2,1-3H3. The quantitative estimate of drug-likeness (QED) is 0.291. The van der Waals surface area contributed by atoms with Gasteiger partial charge < -0.3 is 14.6 Å². The van der Waals surface area contributed by atoms with Crippen LogP contribution < -0.4 is 4.74 Å². The van der Waals surface area contributed by atoms with Crippen molar-refractivity contribution in [2.75, 3.05) is 33.0 Å². The van der Waals surface area contributed by atoms with Gasteiger partial charge >= 0.3 is 0 Å². The maximum absolute atomic E-state index is 12.3. The SMILES string of the molecule is CCOOC(C)(C)C(=O)c1ccc(OCCOCCO)cc1. The average Bonchev–Trinajstić information content (AvgIpc) is 2.52. The van der Waals surface area contributed by atoms with Crippen molar-refractivity contribution in [3.05, 3.63) is 29.8 Å². The highest BCUT2D eigenvalue weighted by Crippen LogP contribution is 2.20. The second-order valence-corrected chi connectivity index (χ2v) is 5.04. The third-order valence-corrected chi connectivity index (χ3v) is 2.78. The Bertz CT molecular complexity index is 440. The molecule has 0 saturated heterocycles. The van der Waals surface area contributed by atoms with E-state index >= 15 is 0 Å². The summed E-state index contributed by atoms with van der Waals surface area (Å²) in [6.07, 6.45) is 0. The Kier molecular flexibility index (Phi) is 8.05. The van der Waals surface area contributed by atoms with Gasteiger partial charge in [-0.15, -0.1) is 0 Å². The van der Waals surface area contributed by atoms with Gasteiger partial charge in [-0.2, -0.15) is 0 Å². The number of carbonyl (C=O) groups excluding carboxylic acids is 1. The van der Waals surface area contributed by atoms with Crippen LogP contribution in [0.5, 0.6) is 5.75 Å². The summed E-state index contributed by atoms with van der Waals surface area (Å²) < 4.78 is 10.6. The van der Waals surface area contributed by atoms with Crippen molar-refractivity contribution in [2.24, 2.45) is 0 Å². The van der Waals surface area contributed by atoms with Crippen LogP contribution in [0.15, 0.2) is 24.3 Å². The summed E-state index contributed by atoms with van der Waals surface area (Å²) >= 11 is 0. The van der Waals surface area contributed by atoms with Gasteiger partial charge in [-0.1, -0.05) is 0 Å². The van der Waals surface area contributed by atoms with Crippen molar-refractivity contribution in [1.29, 1.82) is 0 Å². The summed E-state index contributed by atoms with van der Waals surface area (Å²) in [5.74, 6) is 0.478. The number of aliphatic hydroxyl groups excluding tert-OH is 1. The van der Waals surface area contributed by atoms with Crippen molar-refractivity contribution in [1.82, 2.24) is 0 Å². The molecule has 6 nitrogen and oxygen atoms in total. The maximum Gasteiger partial charge on any atom is 0.197 e. The summed E-state index contributed by atoms with van der Waals surface area (Å²) in [6, 6.07) is 6.80. The van der Waals surface area contributed by atoms with E-state index in [1.165, 1.54) is 0 Å². The van der Waals surface area contributed by atoms with Crippen LogP contribution in [-0.4, -0.2) is 49.5 Å². The zero-order valence-electron chi connectivity index (χ0n) is 13.3. The number of aliphatic hydroxyl groups is 1. The molecule has 0 amide bonds. The first-order chi connectivity index (χ1) is 10.5. The van der Waals surface area contributed by atoms with Crippen molar-refractivity contribution in [2.45, 2.75) is 26.4 Å². The zero-order valence-corrected chi connectivity index (χ0v) is 13.3. The number of hydrogen-bond acceptors (Lipinski definition) is 6. The summed E-state index contributed by atoms with van der Waals surface area (Å²) in [4.78, 5) is 22.3. The molecule has 0 radical (unpaired) electrons. The van der Waals surface area contributed by atoms with Gasteiger partial charge in [-0.25, -0.2) is 9.78 Å². The lowest BCUT2D eigenvalue weighted by molar-refractivity contribution is -0.334. The second kappa shape index (κ2) is 9.53. The van der Waals surface area contributed by atoms with E-state index in [0.717, 1.165) is 0 Å². The summed E-state index contributed by atoms with van der Waals surface area (Å²) in [6.45, 7) is 6.56. The molecule has 6 heteroatoms. The monoisotopic (exact) mass is 312 g/mol. The largest absolute Gasteiger partial charge is 0.491 e. The van der Waals surface area contributed by atoms with E-state index in [1.54, 1.807) is 45.0 Å². The normalized spacial score (nSPS) is 11.5. The highest BCUT2D eigenvalue weighted by molar-refractivity contribution is 6.01. The Labute approximate surface area is 130 Å². The molecular weight excluding hydrogens is 288 g/mol. The van der Waals surface area contributed by atoms with E-state index in [1.807, 2.05) is 0 Å². The fourth-order valence-electron chi connectivity index (χ4n) is 1.68. The van der Waals surface area contributed by atoms with E-state index in [4.69, 9.17) is 24.4 Å². The van der Waals surface area contributed by atoms with Crippen LogP contribution in [-0.2, 0) is 14.5 Å². The van der Waals surface area contributed by atoms with E-state index in [9.17, 15) is 4.79 Å². The minimum atomic E-state index is -1.05. The minimum Gasteiger partial charge on any atom is -0.491 e. The summed E-state index contributed by atoms with van der Waals surface area (Å²) in [5.41, 5.74) is -0.523. The molecule has 0 fully saturated rings. The van der Waals surface area contributed by atoms with Gasteiger partial charge in [0.15, 0.2) is 11.4 Å². The predicted octanol–water partition coefficient (Wildman–Crippen LogP) is 2.00. The number of Topliss-reactive ketones (excluding diaryl/α,β-unsaturated/α-hetero) is 1. The minimum absolute atomic E-state index is 0.00356. The Hall–Kier alpha value is -1.47. The molecule has 1 N–H and O–H groups in total. The van der Waals surface area contributed by atoms with Crippen LogP contribution in [0.4, 0.5) is 0 Å². The van der Waals surface area contributed by atoms with Crippen LogP contribution in [0.2, 0.25) is 0 Å². The fraction of sp³-hybridized carbons (Fsp3) is 0.562. The molecule has 0 spiro atoms. The number of rotatable bonds is 11. The number of hydrogen-bond donors (Lipinski definition) is 1. The number of ketones is 1. The molecule has 0 unspecified atom stereocenters. The molecule has 22 heavy (non-hydrogen) atoms. The van der Waals surface area contributed by atoms with Gasteiger partial charge in [0.25, 0.3) is 0 Å². The Morgan fingerprint density at radius 1 is 1.14 bits per heavy atom. The fourth-order valence-corrected chi connectivity index (χ4v) is 1.68. The van der Waals surface area contributed by atoms with E-state index in [2.05, 4.69) is 0 Å². The topological polar surface area (TPSA) is 74.2 Å². The molecule has 0 aliphatic heterocycles. The maximum atomic E-state index is 12.3. The molecule has 1 aromatic carbocycles. The molecule has 1 aromatic rings. The van der Waals surface area contributed by atoms with Crippen LogP contribution in [0.25, 0.3) is 0 Å². The zero-order chi connectivity index (χ0) is 16.4. The first kappa shape index (κ1) is 18.6. The second-order valence-electron chi connectivity index (χ2n) is 5.04. The molecule has 0 aromatic heterocycles. The highest BCUT2D eigenvalue weighted by atomic mass is 17.2. The highest BCUT2D eigenvalue weighted by Gasteiger charge is 2.31. The number of ether oxygens (including phenoxy) is 2. The Morgan fingerprint density at radius 3 is 2.41 bits per heavy atom.